The predicted molar refractivity (Wildman–Crippen MR) is 68.2 cm³/mol. The summed E-state index contributed by atoms with van der Waals surface area (Å²) in [6, 6.07) is 2.14. The Morgan fingerprint density at radius 3 is 2.20 bits per heavy atom. The van der Waals surface area contributed by atoms with E-state index in [4.69, 9.17) is 0 Å². The molecule has 0 aromatic carbocycles. The molecule has 0 saturated carbocycles. The van der Waals surface area contributed by atoms with Crippen LogP contribution in [0, 0.1) is 5.92 Å². The summed E-state index contributed by atoms with van der Waals surface area (Å²) in [6.07, 6.45) is 5.04. The molecule has 1 rings (SSSR count). The quantitative estimate of drug-likeness (QED) is 0.714. The Bertz CT molecular complexity index is 264. The lowest BCUT2D eigenvalue weighted by molar-refractivity contribution is 0.636. The second-order valence-corrected chi connectivity index (χ2v) is 4.33. The Morgan fingerprint density at radius 1 is 1.13 bits per heavy atom. The van der Waals surface area contributed by atoms with Crippen molar-refractivity contribution in [2.75, 3.05) is 0 Å². The molecule has 0 aliphatic rings. The molecule has 0 N–H and O–H groups in total. The van der Waals surface area contributed by atoms with Crippen LogP contribution < -0.4 is 0 Å². The molecule has 1 heterocycles. The van der Waals surface area contributed by atoms with E-state index in [1.165, 1.54) is 11.1 Å². The van der Waals surface area contributed by atoms with Gasteiger partial charge in [0.25, 0.3) is 0 Å². The van der Waals surface area contributed by atoms with Gasteiger partial charge in [-0.25, -0.2) is 0 Å². The van der Waals surface area contributed by atoms with E-state index < -0.39 is 0 Å². The fraction of sp³-hybridized carbons (Fsp3) is 0.643. The monoisotopic (exact) mass is 207 g/mol. The Morgan fingerprint density at radius 2 is 1.73 bits per heavy atom. The van der Waals surface area contributed by atoms with E-state index in [1.54, 1.807) is 0 Å². The Kier molecular flexibility index (Phi) is 7.02. The molecule has 1 nitrogen and oxygen atoms in total. The molecule has 0 aliphatic heterocycles. The summed E-state index contributed by atoms with van der Waals surface area (Å²) in [7, 11) is 0. The molecule has 1 aromatic rings. The van der Waals surface area contributed by atoms with Crippen molar-refractivity contribution in [2.45, 2.75) is 53.9 Å². The van der Waals surface area contributed by atoms with Crippen molar-refractivity contribution in [1.82, 2.24) is 4.98 Å². The summed E-state index contributed by atoms with van der Waals surface area (Å²) in [5, 5.41) is 0. The third kappa shape index (κ3) is 4.96. The van der Waals surface area contributed by atoms with Gasteiger partial charge in [-0.05, 0) is 35.4 Å². The van der Waals surface area contributed by atoms with Crippen molar-refractivity contribution >= 4 is 0 Å². The third-order valence-corrected chi connectivity index (χ3v) is 2.19. The first-order chi connectivity index (χ1) is 7.11. The lowest BCUT2D eigenvalue weighted by Gasteiger charge is -2.13. The van der Waals surface area contributed by atoms with Gasteiger partial charge in [-0.1, -0.05) is 41.5 Å². The smallest absolute Gasteiger partial charge is 0.0302 e. The zero-order valence-electron chi connectivity index (χ0n) is 11.0. The van der Waals surface area contributed by atoms with Gasteiger partial charge in [0, 0.05) is 12.4 Å². The van der Waals surface area contributed by atoms with Gasteiger partial charge in [0.2, 0.25) is 0 Å². The maximum absolute atomic E-state index is 4.18. The molecule has 0 spiro atoms. The lowest BCUT2D eigenvalue weighted by Crippen LogP contribution is -2.01. The SMILES string of the molecule is CC.CC(C)Cc1cnccc1C(C)C. The summed E-state index contributed by atoms with van der Waals surface area (Å²) >= 11 is 0. The van der Waals surface area contributed by atoms with Gasteiger partial charge >= 0.3 is 0 Å². The summed E-state index contributed by atoms with van der Waals surface area (Å²) in [4.78, 5) is 4.18. The highest BCUT2D eigenvalue weighted by Gasteiger charge is 2.07. The third-order valence-electron chi connectivity index (χ3n) is 2.19. The number of aromatic nitrogens is 1. The van der Waals surface area contributed by atoms with Crippen molar-refractivity contribution in [1.29, 1.82) is 0 Å². The molecule has 1 aromatic heterocycles. The second kappa shape index (κ2) is 7.44. The van der Waals surface area contributed by atoms with Crippen molar-refractivity contribution in [3.05, 3.63) is 29.6 Å². The molecular formula is C14H25N. The zero-order chi connectivity index (χ0) is 11.8. The molecule has 0 saturated heterocycles. The minimum absolute atomic E-state index is 0.608. The fourth-order valence-corrected chi connectivity index (χ4v) is 1.61. The van der Waals surface area contributed by atoms with Crippen LogP contribution in [-0.4, -0.2) is 4.98 Å². The first kappa shape index (κ1) is 14.2. The number of hydrogen-bond acceptors (Lipinski definition) is 1. The Labute approximate surface area is 94.9 Å². The standard InChI is InChI=1S/C12H19N.C2H6/c1-9(2)7-11-8-13-6-5-12(11)10(3)4;1-2/h5-6,8-10H,7H2,1-4H3;1-2H3. The lowest BCUT2D eigenvalue weighted by atomic mass is 9.94. The maximum Gasteiger partial charge on any atom is 0.0302 e. The van der Waals surface area contributed by atoms with Crippen LogP contribution in [0.3, 0.4) is 0 Å². The van der Waals surface area contributed by atoms with Crippen LogP contribution in [0.4, 0.5) is 0 Å². The number of hydrogen-bond donors (Lipinski definition) is 0. The van der Waals surface area contributed by atoms with Gasteiger partial charge in [0.15, 0.2) is 0 Å². The predicted octanol–water partition coefficient (Wildman–Crippen LogP) is 4.43. The van der Waals surface area contributed by atoms with Gasteiger partial charge in [-0.2, -0.15) is 0 Å². The van der Waals surface area contributed by atoms with Crippen LogP contribution in [0.2, 0.25) is 0 Å². The van der Waals surface area contributed by atoms with Gasteiger partial charge in [0.1, 0.15) is 0 Å². The molecule has 0 bridgehead atoms. The first-order valence-corrected chi connectivity index (χ1v) is 6.04. The molecule has 15 heavy (non-hydrogen) atoms. The van der Waals surface area contributed by atoms with Crippen LogP contribution in [0.1, 0.15) is 58.6 Å². The van der Waals surface area contributed by atoms with Gasteiger partial charge in [0.05, 0.1) is 0 Å². The highest BCUT2D eigenvalue weighted by molar-refractivity contribution is 5.26. The van der Waals surface area contributed by atoms with Crippen molar-refractivity contribution < 1.29 is 0 Å². The molecule has 1 heteroatoms. The number of rotatable bonds is 3. The molecule has 0 aliphatic carbocycles. The summed E-state index contributed by atoms with van der Waals surface area (Å²) in [5.41, 5.74) is 2.86. The van der Waals surface area contributed by atoms with Crippen molar-refractivity contribution in [3.63, 3.8) is 0 Å². The van der Waals surface area contributed by atoms with Crippen LogP contribution in [-0.2, 0) is 6.42 Å². The number of nitrogens with zero attached hydrogens (tertiary/aromatic N) is 1. The topological polar surface area (TPSA) is 12.9 Å². The normalized spacial score (nSPS) is 10.1. The van der Waals surface area contributed by atoms with Crippen molar-refractivity contribution in [3.8, 4) is 0 Å². The van der Waals surface area contributed by atoms with E-state index >= 15 is 0 Å². The molecule has 0 amide bonds. The highest BCUT2D eigenvalue weighted by Crippen LogP contribution is 2.20. The van der Waals surface area contributed by atoms with E-state index in [-0.39, 0.29) is 0 Å². The summed E-state index contributed by atoms with van der Waals surface area (Å²) in [5.74, 6) is 1.32. The van der Waals surface area contributed by atoms with E-state index in [0.29, 0.717) is 11.8 Å². The second-order valence-electron chi connectivity index (χ2n) is 4.33. The maximum atomic E-state index is 4.18. The largest absolute Gasteiger partial charge is 0.264 e. The summed E-state index contributed by atoms with van der Waals surface area (Å²) in [6.45, 7) is 13.0. The minimum atomic E-state index is 0.608. The van der Waals surface area contributed by atoms with Crippen molar-refractivity contribution in [2.24, 2.45) is 5.92 Å². The molecule has 0 atom stereocenters. The van der Waals surface area contributed by atoms with E-state index in [9.17, 15) is 0 Å². The fourth-order valence-electron chi connectivity index (χ4n) is 1.61. The van der Waals surface area contributed by atoms with E-state index in [2.05, 4.69) is 38.7 Å². The van der Waals surface area contributed by atoms with Gasteiger partial charge in [-0.3, -0.25) is 4.98 Å². The Hall–Kier alpha value is -0.850. The average molecular weight is 207 g/mol. The molecule has 0 radical (unpaired) electrons. The first-order valence-electron chi connectivity index (χ1n) is 6.04. The Balaban J connectivity index is 0.000000921. The highest BCUT2D eigenvalue weighted by atomic mass is 14.6. The van der Waals surface area contributed by atoms with E-state index in [0.717, 1.165) is 6.42 Å². The van der Waals surface area contributed by atoms with Crippen LogP contribution in [0.25, 0.3) is 0 Å². The van der Waals surface area contributed by atoms with Gasteiger partial charge < -0.3 is 0 Å². The zero-order valence-corrected chi connectivity index (χ0v) is 11.0. The van der Waals surface area contributed by atoms with E-state index in [1.807, 2.05) is 26.2 Å². The molecule has 0 unspecified atom stereocenters. The van der Waals surface area contributed by atoms with Crippen LogP contribution in [0.5, 0.6) is 0 Å². The average Bonchev–Trinajstić information content (AvgIpc) is 2.20. The molecular weight excluding hydrogens is 182 g/mol. The van der Waals surface area contributed by atoms with Gasteiger partial charge in [-0.15, -0.1) is 0 Å². The summed E-state index contributed by atoms with van der Waals surface area (Å²) < 4.78 is 0. The van der Waals surface area contributed by atoms with Crippen LogP contribution in [0.15, 0.2) is 18.5 Å². The number of pyridine rings is 1. The molecule has 86 valence electrons. The molecule has 0 fully saturated rings. The van der Waals surface area contributed by atoms with Crippen LogP contribution >= 0.6 is 0 Å². The minimum Gasteiger partial charge on any atom is -0.264 e.